The summed E-state index contributed by atoms with van der Waals surface area (Å²) in [5.74, 6) is -0.624. The van der Waals surface area contributed by atoms with E-state index in [9.17, 15) is 9.59 Å². The van der Waals surface area contributed by atoms with E-state index in [4.69, 9.17) is 4.74 Å². The van der Waals surface area contributed by atoms with Crippen LogP contribution in [0.2, 0.25) is 0 Å². The Morgan fingerprint density at radius 3 is 2.62 bits per heavy atom. The number of hydrogen-bond acceptors (Lipinski definition) is 3. The van der Waals surface area contributed by atoms with Gasteiger partial charge >= 0.3 is 0 Å². The lowest BCUT2D eigenvalue weighted by Crippen LogP contribution is -2.30. The normalized spacial score (nSPS) is 21.3. The third-order valence-electron chi connectivity index (χ3n) is 1.91. The molecule has 0 bridgehead atoms. The van der Waals surface area contributed by atoms with Crippen LogP contribution < -0.4 is 0 Å². The van der Waals surface area contributed by atoms with Gasteiger partial charge in [0.1, 0.15) is 0 Å². The predicted octanol–water partition coefficient (Wildman–Crippen LogP) is 1.47. The van der Waals surface area contributed by atoms with Gasteiger partial charge in [-0.15, -0.1) is 0 Å². The molecule has 0 atom stereocenters. The summed E-state index contributed by atoms with van der Waals surface area (Å²) < 4.78 is 5.09. The predicted molar refractivity (Wildman–Crippen MR) is 48.1 cm³/mol. The minimum atomic E-state index is -0.485. The fourth-order valence-electron chi connectivity index (χ4n) is 1.37. The lowest BCUT2D eigenvalue weighted by molar-refractivity contribution is -0.138. The Bertz CT molecular complexity index is 274. The molecule has 0 N–H and O–H groups in total. The maximum absolute atomic E-state index is 11.3. The van der Waals surface area contributed by atoms with Gasteiger partial charge in [0.15, 0.2) is 5.76 Å². The second-order valence-electron chi connectivity index (χ2n) is 3.86. The van der Waals surface area contributed by atoms with Crippen LogP contribution in [0.15, 0.2) is 11.8 Å². The van der Waals surface area contributed by atoms with Gasteiger partial charge < -0.3 is 4.74 Å². The number of ketones is 2. The molecule has 0 heterocycles. The molecule has 0 aromatic heterocycles. The van der Waals surface area contributed by atoms with Gasteiger partial charge in [-0.05, 0) is 18.4 Å². The number of Topliss-reactive ketones (excluding diaryl/α,β-unsaturated/α-hetero) is 2. The number of hydrogen-bond donors (Lipinski definition) is 0. The second kappa shape index (κ2) is 3.32. The molecule has 0 aliphatic heterocycles. The van der Waals surface area contributed by atoms with E-state index in [1.807, 2.05) is 13.8 Å². The van der Waals surface area contributed by atoms with Gasteiger partial charge in [-0.25, -0.2) is 0 Å². The van der Waals surface area contributed by atoms with E-state index in [-0.39, 0.29) is 23.4 Å². The summed E-state index contributed by atoms with van der Waals surface area (Å²) in [5, 5.41) is 0. The highest BCUT2D eigenvalue weighted by Gasteiger charge is 2.33. The van der Waals surface area contributed by atoms with Gasteiger partial charge in [-0.3, -0.25) is 9.59 Å². The summed E-state index contributed by atoms with van der Waals surface area (Å²) in [4.78, 5) is 22.5. The molecule has 0 unspecified atom stereocenters. The van der Waals surface area contributed by atoms with Crippen molar-refractivity contribution in [3.63, 3.8) is 0 Å². The molecule has 0 aromatic carbocycles. The van der Waals surface area contributed by atoms with E-state index in [0.717, 1.165) is 0 Å². The van der Waals surface area contributed by atoms with Gasteiger partial charge in [0, 0.05) is 6.42 Å². The van der Waals surface area contributed by atoms with E-state index in [1.54, 1.807) is 13.0 Å². The Hall–Kier alpha value is -1.12. The largest absolute Gasteiger partial charge is 0.490 e. The van der Waals surface area contributed by atoms with E-state index in [2.05, 4.69) is 0 Å². The Balaban J connectivity index is 2.95. The summed E-state index contributed by atoms with van der Waals surface area (Å²) >= 11 is 0. The number of ether oxygens (including phenoxy) is 1. The minimum Gasteiger partial charge on any atom is -0.490 e. The maximum atomic E-state index is 11.3. The quantitative estimate of drug-likeness (QED) is 0.607. The number of carbonyl (C=O) groups excluding carboxylic acids is 2. The highest BCUT2D eigenvalue weighted by atomic mass is 16.5. The SMILES string of the molecule is CCOC1=CC(C)(C)CC(=O)C1=O. The first-order valence-corrected chi connectivity index (χ1v) is 4.39. The van der Waals surface area contributed by atoms with Crippen LogP contribution in [-0.4, -0.2) is 18.2 Å². The summed E-state index contributed by atoms with van der Waals surface area (Å²) in [7, 11) is 0. The average Bonchev–Trinajstić information content (AvgIpc) is 1.99. The molecule has 3 nitrogen and oxygen atoms in total. The maximum Gasteiger partial charge on any atom is 0.262 e. The zero-order valence-corrected chi connectivity index (χ0v) is 8.22. The van der Waals surface area contributed by atoms with E-state index in [1.165, 1.54) is 0 Å². The lowest BCUT2D eigenvalue weighted by Gasteiger charge is -2.24. The molecule has 0 spiro atoms. The van der Waals surface area contributed by atoms with E-state index < -0.39 is 5.78 Å². The molecule has 1 rings (SSSR count). The van der Waals surface area contributed by atoms with Crippen LogP contribution in [0.3, 0.4) is 0 Å². The highest BCUT2D eigenvalue weighted by molar-refractivity contribution is 6.43. The fraction of sp³-hybridized carbons (Fsp3) is 0.600. The molecule has 0 saturated carbocycles. The van der Waals surface area contributed by atoms with Crippen molar-refractivity contribution >= 4 is 11.6 Å². The standard InChI is InChI=1S/C10H14O3/c1-4-13-8-6-10(2,3)5-7(11)9(8)12/h6H,4-5H2,1-3H3. The zero-order chi connectivity index (χ0) is 10.1. The van der Waals surface area contributed by atoms with Crippen molar-refractivity contribution in [3.05, 3.63) is 11.8 Å². The number of allylic oxidation sites excluding steroid dienone is 2. The Labute approximate surface area is 77.8 Å². The van der Waals surface area contributed by atoms with Crippen LogP contribution in [0.4, 0.5) is 0 Å². The highest BCUT2D eigenvalue weighted by Crippen LogP contribution is 2.29. The molecule has 0 amide bonds. The minimum absolute atomic E-state index is 0.212. The molecule has 3 heteroatoms. The zero-order valence-electron chi connectivity index (χ0n) is 8.22. The molecule has 13 heavy (non-hydrogen) atoms. The summed E-state index contributed by atoms with van der Waals surface area (Å²) in [5.41, 5.74) is -0.254. The summed E-state index contributed by atoms with van der Waals surface area (Å²) in [6.45, 7) is 6.04. The number of rotatable bonds is 2. The molecule has 1 aliphatic rings. The van der Waals surface area contributed by atoms with E-state index >= 15 is 0 Å². The van der Waals surface area contributed by atoms with Crippen LogP contribution in [-0.2, 0) is 14.3 Å². The van der Waals surface area contributed by atoms with Crippen LogP contribution in [0.1, 0.15) is 27.2 Å². The first-order valence-electron chi connectivity index (χ1n) is 4.39. The molecule has 0 fully saturated rings. The van der Waals surface area contributed by atoms with Crippen LogP contribution in [0, 0.1) is 5.41 Å². The van der Waals surface area contributed by atoms with Gasteiger partial charge in [0.25, 0.3) is 5.78 Å². The smallest absolute Gasteiger partial charge is 0.262 e. The van der Waals surface area contributed by atoms with Crippen molar-refractivity contribution in [1.82, 2.24) is 0 Å². The van der Waals surface area contributed by atoms with E-state index in [0.29, 0.717) is 6.61 Å². The van der Waals surface area contributed by atoms with Crippen molar-refractivity contribution in [3.8, 4) is 0 Å². The first kappa shape index (κ1) is 9.96. The van der Waals surface area contributed by atoms with Crippen molar-refractivity contribution in [2.24, 2.45) is 5.41 Å². The molecule has 0 saturated heterocycles. The third kappa shape index (κ3) is 2.17. The first-order chi connectivity index (χ1) is 5.96. The molecule has 1 aliphatic carbocycles. The molecular weight excluding hydrogens is 168 g/mol. The van der Waals surface area contributed by atoms with Gasteiger partial charge in [-0.1, -0.05) is 13.8 Å². The Morgan fingerprint density at radius 2 is 2.08 bits per heavy atom. The van der Waals surface area contributed by atoms with Crippen LogP contribution >= 0.6 is 0 Å². The monoisotopic (exact) mass is 182 g/mol. The molecule has 72 valence electrons. The molecule has 0 aromatic rings. The Kier molecular flexibility index (Phi) is 2.55. The van der Waals surface area contributed by atoms with Gasteiger partial charge in [0.2, 0.25) is 5.78 Å². The average molecular weight is 182 g/mol. The van der Waals surface area contributed by atoms with Gasteiger partial charge in [-0.2, -0.15) is 0 Å². The van der Waals surface area contributed by atoms with Crippen molar-refractivity contribution in [2.45, 2.75) is 27.2 Å². The second-order valence-corrected chi connectivity index (χ2v) is 3.86. The lowest BCUT2D eigenvalue weighted by atomic mass is 9.81. The van der Waals surface area contributed by atoms with Crippen LogP contribution in [0.5, 0.6) is 0 Å². The third-order valence-corrected chi connectivity index (χ3v) is 1.91. The topological polar surface area (TPSA) is 43.4 Å². The van der Waals surface area contributed by atoms with Crippen molar-refractivity contribution in [2.75, 3.05) is 6.61 Å². The fourth-order valence-corrected chi connectivity index (χ4v) is 1.37. The summed E-state index contributed by atoms with van der Waals surface area (Å²) in [6, 6.07) is 0. The number of carbonyl (C=O) groups is 2. The van der Waals surface area contributed by atoms with Gasteiger partial charge in [0.05, 0.1) is 6.61 Å². The molecule has 0 radical (unpaired) electrons. The van der Waals surface area contributed by atoms with Crippen molar-refractivity contribution in [1.29, 1.82) is 0 Å². The molecular formula is C10H14O3. The Morgan fingerprint density at radius 1 is 1.46 bits per heavy atom. The summed E-state index contributed by atoms with van der Waals surface area (Å²) in [6.07, 6.45) is 2.02. The van der Waals surface area contributed by atoms with Crippen molar-refractivity contribution < 1.29 is 14.3 Å². The van der Waals surface area contributed by atoms with Crippen LogP contribution in [0.25, 0.3) is 0 Å².